The predicted octanol–water partition coefficient (Wildman–Crippen LogP) is 4.50. The molecule has 0 aliphatic rings. The number of benzene rings is 1. The van der Waals surface area contributed by atoms with Crippen molar-refractivity contribution in [2.45, 2.75) is 20.3 Å². The highest BCUT2D eigenvalue weighted by Gasteiger charge is 2.23. The van der Waals surface area contributed by atoms with Crippen LogP contribution in [0.2, 0.25) is 0 Å². The van der Waals surface area contributed by atoms with E-state index in [-0.39, 0.29) is 5.91 Å². The molecular formula is C22H21N3O3. The van der Waals surface area contributed by atoms with Gasteiger partial charge < -0.3 is 13.8 Å². The Morgan fingerprint density at radius 2 is 1.96 bits per heavy atom. The first kappa shape index (κ1) is 18.0. The van der Waals surface area contributed by atoms with Gasteiger partial charge in [-0.2, -0.15) is 0 Å². The molecule has 4 rings (SSSR count). The first-order valence-electron chi connectivity index (χ1n) is 9.31. The third kappa shape index (κ3) is 3.41. The number of hydrogen-bond donors (Lipinski definition) is 0. The summed E-state index contributed by atoms with van der Waals surface area (Å²) in [7, 11) is 0. The molecule has 0 spiro atoms. The van der Waals surface area contributed by atoms with Crippen molar-refractivity contribution < 1.29 is 13.7 Å². The molecule has 0 radical (unpaired) electrons. The average molecular weight is 375 g/mol. The van der Waals surface area contributed by atoms with Crippen LogP contribution < -0.4 is 0 Å². The number of pyridine rings is 1. The number of likely N-dealkylation sites (N-methyl/N-ethyl adjacent to an activating group) is 1. The van der Waals surface area contributed by atoms with Crippen molar-refractivity contribution in [1.82, 2.24) is 15.0 Å². The van der Waals surface area contributed by atoms with Crippen molar-refractivity contribution >= 4 is 17.0 Å². The van der Waals surface area contributed by atoms with Gasteiger partial charge in [-0.1, -0.05) is 35.5 Å². The topological polar surface area (TPSA) is 72.4 Å². The molecule has 6 nitrogen and oxygen atoms in total. The van der Waals surface area contributed by atoms with Crippen molar-refractivity contribution in [3.05, 3.63) is 71.6 Å². The summed E-state index contributed by atoms with van der Waals surface area (Å²) in [6.45, 7) is 5.03. The van der Waals surface area contributed by atoms with E-state index in [1.54, 1.807) is 24.5 Å². The second kappa shape index (κ2) is 7.68. The summed E-state index contributed by atoms with van der Waals surface area (Å²) in [5, 5.41) is 4.65. The lowest BCUT2D eigenvalue weighted by atomic mass is 10.1. The molecule has 0 atom stereocenters. The molecule has 0 unspecified atom stereocenters. The third-order valence-corrected chi connectivity index (χ3v) is 4.80. The smallest absolute Gasteiger partial charge is 0.259 e. The van der Waals surface area contributed by atoms with Gasteiger partial charge in [-0.15, -0.1) is 0 Å². The summed E-state index contributed by atoms with van der Waals surface area (Å²) in [5.41, 5.74) is 3.28. The van der Waals surface area contributed by atoms with Gasteiger partial charge in [0.25, 0.3) is 11.6 Å². The minimum atomic E-state index is -0.0649. The fourth-order valence-electron chi connectivity index (χ4n) is 3.30. The third-order valence-electron chi connectivity index (χ3n) is 4.80. The molecule has 0 saturated heterocycles. The maximum atomic E-state index is 13.4. The van der Waals surface area contributed by atoms with Crippen LogP contribution in [0.25, 0.3) is 22.6 Å². The average Bonchev–Trinajstić information content (AvgIpc) is 3.39. The number of carbonyl (C=O) groups is 1. The molecule has 0 aliphatic heterocycles. The largest absolute Gasteiger partial charge is 0.463 e. The van der Waals surface area contributed by atoms with Crippen molar-refractivity contribution in [2.75, 3.05) is 13.1 Å². The molecule has 28 heavy (non-hydrogen) atoms. The molecule has 1 aromatic carbocycles. The highest BCUT2D eigenvalue weighted by atomic mass is 16.5. The van der Waals surface area contributed by atoms with Gasteiger partial charge in [-0.05, 0) is 44.0 Å². The highest BCUT2D eigenvalue weighted by molar-refractivity contribution is 6.06. The number of nitrogens with zero attached hydrogens (tertiary/aromatic N) is 3. The summed E-state index contributed by atoms with van der Waals surface area (Å²) < 4.78 is 10.8. The first-order valence-corrected chi connectivity index (χ1v) is 9.31. The molecule has 4 aromatic rings. The van der Waals surface area contributed by atoms with Gasteiger partial charge in [0, 0.05) is 13.1 Å². The minimum absolute atomic E-state index is 0.0649. The Hall–Kier alpha value is -3.41. The van der Waals surface area contributed by atoms with Crippen LogP contribution >= 0.6 is 0 Å². The van der Waals surface area contributed by atoms with E-state index in [1.807, 2.05) is 36.9 Å². The van der Waals surface area contributed by atoms with Crippen LogP contribution in [0.5, 0.6) is 0 Å². The number of rotatable bonds is 6. The second-order valence-electron chi connectivity index (χ2n) is 6.60. The fraction of sp³-hybridized carbons (Fsp3) is 0.227. The fourth-order valence-corrected chi connectivity index (χ4v) is 3.30. The molecule has 3 heterocycles. The molecule has 0 fully saturated rings. The molecule has 0 bridgehead atoms. The summed E-state index contributed by atoms with van der Waals surface area (Å²) in [6.07, 6.45) is 2.37. The predicted molar refractivity (Wildman–Crippen MR) is 106 cm³/mol. The van der Waals surface area contributed by atoms with Gasteiger partial charge in [0.15, 0.2) is 5.76 Å². The Labute approximate surface area is 162 Å². The minimum Gasteiger partial charge on any atom is -0.463 e. The van der Waals surface area contributed by atoms with Gasteiger partial charge in [0.05, 0.1) is 22.9 Å². The van der Waals surface area contributed by atoms with E-state index in [1.165, 1.54) is 5.56 Å². The van der Waals surface area contributed by atoms with Gasteiger partial charge >= 0.3 is 0 Å². The van der Waals surface area contributed by atoms with Crippen LogP contribution in [0.3, 0.4) is 0 Å². The van der Waals surface area contributed by atoms with Crippen LogP contribution in [0, 0.1) is 6.92 Å². The zero-order valence-electron chi connectivity index (χ0n) is 15.9. The van der Waals surface area contributed by atoms with Crippen molar-refractivity contribution in [2.24, 2.45) is 0 Å². The van der Waals surface area contributed by atoms with Gasteiger partial charge in [-0.25, -0.2) is 4.98 Å². The summed E-state index contributed by atoms with van der Waals surface area (Å²) in [6, 6.07) is 15.5. The van der Waals surface area contributed by atoms with Crippen LogP contribution in [0.4, 0.5) is 0 Å². The molecule has 0 saturated carbocycles. The van der Waals surface area contributed by atoms with Gasteiger partial charge in [0.1, 0.15) is 5.69 Å². The molecule has 0 aliphatic carbocycles. The molecule has 0 N–H and O–H groups in total. The first-order chi connectivity index (χ1) is 13.7. The van der Waals surface area contributed by atoms with Gasteiger partial charge in [-0.3, -0.25) is 4.79 Å². The Morgan fingerprint density at radius 3 is 2.68 bits per heavy atom. The van der Waals surface area contributed by atoms with Crippen molar-refractivity contribution in [3.8, 4) is 11.5 Å². The monoisotopic (exact) mass is 375 g/mol. The van der Waals surface area contributed by atoms with E-state index in [9.17, 15) is 4.79 Å². The Balaban J connectivity index is 1.69. The summed E-state index contributed by atoms with van der Waals surface area (Å²) in [4.78, 5) is 19.7. The number of fused-ring (bicyclic) bond motifs is 1. The van der Waals surface area contributed by atoms with Crippen LogP contribution in [-0.4, -0.2) is 34.0 Å². The lowest BCUT2D eigenvalue weighted by molar-refractivity contribution is 0.0768. The number of carbonyl (C=O) groups excluding carboxylic acids is 1. The molecule has 142 valence electrons. The molecule has 6 heteroatoms. The van der Waals surface area contributed by atoms with E-state index in [0.717, 1.165) is 6.42 Å². The Kier molecular flexibility index (Phi) is 4.93. The van der Waals surface area contributed by atoms with Crippen molar-refractivity contribution in [1.29, 1.82) is 0 Å². The number of amides is 1. The molecule has 3 aromatic heterocycles. The van der Waals surface area contributed by atoms with E-state index < -0.39 is 0 Å². The number of furan rings is 1. The normalized spacial score (nSPS) is 11.1. The lowest BCUT2D eigenvalue weighted by Gasteiger charge is -2.21. The molecule has 1 amide bonds. The van der Waals surface area contributed by atoms with E-state index in [2.05, 4.69) is 22.3 Å². The van der Waals surface area contributed by atoms with E-state index >= 15 is 0 Å². The second-order valence-corrected chi connectivity index (χ2v) is 6.60. The summed E-state index contributed by atoms with van der Waals surface area (Å²) in [5.74, 6) is 0.516. The molecular weight excluding hydrogens is 354 g/mol. The SMILES string of the molecule is CCN(CCc1ccccc1)C(=O)c1cc(-c2ccco2)nc2onc(C)c12. The van der Waals surface area contributed by atoms with Gasteiger partial charge in [0.2, 0.25) is 0 Å². The van der Waals surface area contributed by atoms with Crippen molar-refractivity contribution in [3.63, 3.8) is 0 Å². The zero-order valence-corrected chi connectivity index (χ0v) is 15.9. The standard InChI is InChI=1S/C22H21N3O3/c1-3-25(12-11-16-8-5-4-6-9-16)22(26)17-14-18(19-10-7-13-27-19)23-21-20(17)15(2)24-28-21/h4-10,13-14H,3,11-12H2,1-2H3. The van der Waals surface area contributed by atoms with Crippen LogP contribution in [0.1, 0.15) is 28.5 Å². The number of aromatic nitrogens is 2. The van der Waals surface area contributed by atoms with Crippen LogP contribution in [-0.2, 0) is 6.42 Å². The lowest BCUT2D eigenvalue weighted by Crippen LogP contribution is -2.33. The van der Waals surface area contributed by atoms with Crippen LogP contribution in [0.15, 0.2) is 63.7 Å². The van der Waals surface area contributed by atoms with E-state index in [0.29, 0.717) is 46.9 Å². The zero-order chi connectivity index (χ0) is 19.5. The Morgan fingerprint density at radius 1 is 1.14 bits per heavy atom. The highest BCUT2D eigenvalue weighted by Crippen LogP contribution is 2.28. The quantitative estimate of drug-likeness (QED) is 0.496. The Bertz CT molecular complexity index is 1090. The maximum Gasteiger partial charge on any atom is 0.259 e. The number of aryl methyl sites for hydroxylation is 1. The number of hydrogen-bond acceptors (Lipinski definition) is 5. The van der Waals surface area contributed by atoms with E-state index in [4.69, 9.17) is 8.94 Å². The summed E-state index contributed by atoms with van der Waals surface area (Å²) >= 11 is 0. The maximum absolute atomic E-state index is 13.4.